The zero-order chi connectivity index (χ0) is 15.0. The van der Waals surface area contributed by atoms with Crippen molar-refractivity contribution in [2.24, 2.45) is 0 Å². The summed E-state index contributed by atoms with van der Waals surface area (Å²) in [5, 5.41) is 3.46. The Hall–Kier alpha value is -1.88. The summed E-state index contributed by atoms with van der Waals surface area (Å²) in [4.78, 5) is 25.0. The third kappa shape index (κ3) is 2.53. The zero-order valence-electron chi connectivity index (χ0n) is 12.4. The van der Waals surface area contributed by atoms with E-state index in [4.69, 9.17) is 4.74 Å². The summed E-state index contributed by atoms with van der Waals surface area (Å²) in [6, 6.07) is 5.75. The molecule has 1 aromatic carbocycles. The van der Waals surface area contributed by atoms with Crippen LogP contribution in [0.1, 0.15) is 46.9 Å². The number of fused-ring (bicyclic) bond motifs is 1. The van der Waals surface area contributed by atoms with Gasteiger partial charge in [-0.2, -0.15) is 0 Å². The molecule has 112 valence electrons. The predicted octanol–water partition coefficient (Wildman–Crippen LogP) is 2.28. The topological polar surface area (TPSA) is 58.6 Å². The van der Waals surface area contributed by atoms with Crippen LogP contribution in [-0.4, -0.2) is 42.5 Å². The van der Waals surface area contributed by atoms with Crippen LogP contribution in [-0.2, 0) is 4.74 Å². The number of imide groups is 1. The number of ether oxygens (including phenoxy) is 1. The highest BCUT2D eigenvalue weighted by Gasteiger charge is 2.33. The summed E-state index contributed by atoms with van der Waals surface area (Å²) < 4.78 is 5.67. The van der Waals surface area contributed by atoms with Crippen LogP contribution in [0.2, 0.25) is 0 Å². The van der Waals surface area contributed by atoms with Gasteiger partial charge in [-0.15, -0.1) is 0 Å². The van der Waals surface area contributed by atoms with Crippen LogP contribution in [0.5, 0.6) is 0 Å². The number of carbonyl (C=O) groups excluding carboxylic acids is 2. The average molecular weight is 288 g/mol. The number of nitrogens with one attached hydrogen (secondary N) is 1. The second-order valence-electron chi connectivity index (χ2n) is 5.70. The first kappa shape index (κ1) is 14.1. The second kappa shape index (κ2) is 5.48. The molecule has 3 rings (SSSR count). The molecule has 5 heteroatoms. The number of benzene rings is 1. The highest BCUT2D eigenvalue weighted by Crippen LogP contribution is 2.26. The molecule has 21 heavy (non-hydrogen) atoms. The van der Waals surface area contributed by atoms with E-state index in [9.17, 15) is 9.59 Å². The summed E-state index contributed by atoms with van der Waals surface area (Å²) in [6.07, 6.45) is 3.25. The largest absolute Gasteiger partial charge is 0.382 e. The Morgan fingerprint density at radius 1 is 1.29 bits per heavy atom. The van der Waals surface area contributed by atoms with Crippen molar-refractivity contribution < 1.29 is 14.3 Å². The molecule has 1 fully saturated rings. The molecule has 0 aliphatic carbocycles. The Morgan fingerprint density at radius 3 is 2.81 bits per heavy atom. The zero-order valence-corrected chi connectivity index (χ0v) is 12.4. The predicted molar refractivity (Wildman–Crippen MR) is 79.5 cm³/mol. The van der Waals surface area contributed by atoms with Gasteiger partial charge in [-0.25, -0.2) is 0 Å². The van der Waals surface area contributed by atoms with Crippen molar-refractivity contribution in [3.63, 3.8) is 0 Å². The lowest BCUT2D eigenvalue weighted by atomic mass is 10.0. The van der Waals surface area contributed by atoms with Crippen LogP contribution in [0, 0.1) is 0 Å². The monoisotopic (exact) mass is 288 g/mol. The molecule has 0 aromatic heterocycles. The van der Waals surface area contributed by atoms with Gasteiger partial charge in [0.1, 0.15) is 0 Å². The van der Waals surface area contributed by atoms with Gasteiger partial charge in [0.2, 0.25) is 0 Å². The van der Waals surface area contributed by atoms with Gasteiger partial charge in [0.05, 0.1) is 17.2 Å². The molecule has 2 aliphatic rings. The van der Waals surface area contributed by atoms with Crippen molar-refractivity contribution in [2.75, 3.05) is 19.0 Å². The molecule has 0 radical (unpaired) electrons. The van der Waals surface area contributed by atoms with E-state index in [0.29, 0.717) is 23.3 Å². The maximum atomic E-state index is 12.0. The van der Waals surface area contributed by atoms with Crippen molar-refractivity contribution in [3.8, 4) is 0 Å². The summed E-state index contributed by atoms with van der Waals surface area (Å²) in [6.45, 7) is 2.89. The van der Waals surface area contributed by atoms with Crippen LogP contribution >= 0.6 is 0 Å². The number of nitrogens with zero attached hydrogens (tertiary/aromatic N) is 1. The normalized spacial score (nSPS) is 25.1. The molecule has 0 saturated carbocycles. The number of hydrogen-bond acceptors (Lipinski definition) is 4. The Morgan fingerprint density at radius 2 is 2.05 bits per heavy atom. The standard InChI is InChI=1S/C16H20N2O3/c1-3-12-8-11(6-7-21-12)17-10-4-5-13-14(9-10)16(20)18(2)15(13)19/h4-5,9,11-12,17H,3,6-8H2,1-2H3. The fraction of sp³-hybridized carbons (Fsp3) is 0.500. The van der Waals surface area contributed by atoms with E-state index in [0.717, 1.165) is 36.5 Å². The molecular formula is C16H20N2O3. The maximum absolute atomic E-state index is 12.0. The second-order valence-corrected chi connectivity index (χ2v) is 5.70. The molecular weight excluding hydrogens is 268 g/mol. The van der Waals surface area contributed by atoms with Crippen molar-refractivity contribution in [3.05, 3.63) is 29.3 Å². The maximum Gasteiger partial charge on any atom is 0.261 e. The molecule has 1 N–H and O–H groups in total. The van der Waals surface area contributed by atoms with Gasteiger partial charge < -0.3 is 10.1 Å². The first-order valence-corrected chi connectivity index (χ1v) is 7.44. The lowest BCUT2D eigenvalue weighted by Gasteiger charge is -2.30. The number of carbonyl (C=O) groups is 2. The molecule has 2 atom stereocenters. The van der Waals surface area contributed by atoms with Crippen molar-refractivity contribution in [1.82, 2.24) is 4.90 Å². The quantitative estimate of drug-likeness (QED) is 0.867. The summed E-state index contributed by atoms with van der Waals surface area (Å²) in [5.74, 6) is -0.448. The number of anilines is 1. The van der Waals surface area contributed by atoms with Crippen LogP contribution in [0.4, 0.5) is 5.69 Å². The summed E-state index contributed by atoms with van der Waals surface area (Å²) >= 11 is 0. The van der Waals surface area contributed by atoms with Crippen LogP contribution in [0.3, 0.4) is 0 Å². The van der Waals surface area contributed by atoms with Gasteiger partial charge in [-0.3, -0.25) is 14.5 Å². The SMILES string of the molecule is CCC1CC(Nc2ccc3c(c2)C(=O)N(C)C3=O)CCO1. The third-order valence-corrected chi connectivity index (χ3v) is 4.28. The minimum absolute atomic E-state index is 0.223. The van der Waals surface area contributed by atoms with Gasteiger partial charge in [0, 0.05) is 25.4 Å². The molecule has 0 bridgehead atoms. The van der Waals surface area contributed by atoms with Gasteiger partial charge >= 0.3 is 0 Å². The van der Waals surface area contributed by atoms with E-state index in [1.165, 1.54) is 7.05 Å². The highest BCUT2D eigenvalue weighted by atomic mass is 16.5. The van der Waals surface area contributed by atoms with Gasteiger partial charge in [-0.1, -0.05) is 6.92 Å². The highest BCUT2D eigenvalue weighted by molar-refractivity contribution is 6.21. The minimum atomic E-state index is -0.225. The summed E-state index contributed by atoms with van der Waals surface area (Å²) in [5.41, 5.74) is 1.88. The van der Waals surface area contributed by atoms with Crippen molar-refractivity contribution >= 4 is 17.5 Å². The summed E-state index contributed by atoms with van der Waals surface area (Å²) in [7, 11) is 1.52. The Bertz CT molecular complexity index is 585. The van der Waals surface area contributed by atoms with Crippen LogP contribution < -0.4 is 5.32 Å². The smallest absolute Gasteiger partial charge is 0.261 e. The molecule has 0 spiro atoms. The van der Waals surface area contributed by atoms with Crippen molar-refractivity contribution in [2.45, 2.75) is 38.3 Å². The first-order chi connectivity index (χ1) is 10.1. The molecule has 5 nitrogen and oxygen atoms in total. The molecule has 1 aromatic rings. The molecule has 2 aliphatic heterocycles. The number of amides is 2. The van der Waals surface area contributed by atoms with Crippen LogP contribution in [0.15, 0.2) is 18.2 Å². The van der Waals surface area contributed by atoms with E-state index >= 15 is 0 Å². The lowest BCUT2D eigenvalue weighted by Crippen LogP contribution is -2.33. The Balaban J connectivity index is 1.76. The van der Waals surface area contributed by atoms with Gasteiger partial charge in [0.15, 0.2) is 0 Å². The lowest BCUT2D eigenvalue weighted by molar-refractivity contribution is 0.00925. The molecule has 2 heterocycles. The first-order valence-electron chi connectivity index (χ1n) is 7.44. The molecule has 1 saturated heterocycles. The van der Waals surface area contributed by atoms with E-state index < -0.39 is 0 Å². The van der Waals surface area contributed by atoms with E-state index in [-0.39, 0.29) is 11.8 Å². The van der Waals surface area contributed by atoms with E-state index in [1.807, 2.05) is 6.07 Å². The number of hydrogen-bond donors (Lipinski definition) is 1. The molecule has 2 amide bonds. The average Bonchev–Trinajstić information content (AvgIpc) is 2.72. The fourth-order valence-corrected chi connectivity index (χ4v) is 2.98. The Kier molecular flexibility index (Phi) is 3.68. The van der Waals surface area contributed by atoms with E-state index in [1.54, 1.807) is 12.1 Å². The van der Waals surface area contributed by atoms with E-state index in [2.05, 4.69) is 12.2 Å². The van der Waals surface area contributed by atoms with Crippen molar-refractivity contribution in [1.29, 1.82) is 0 Å². The fourth-order valence-electron chi connectivity index (χ4n) is 2.98. The number of rotatable bonds is 3. The minimum Gasteiger partial charge on any atom is -0.382 e. The molecule has 2 unspecified atom stereocenters. The third-order valence-electron chi connectivity index (χ3n) is 4.28. The Labute approximate surface area is 124 Å². The van der Waals surface area contributed by atoms with Crippen LogP contribution in [0.25, 0.3) is 0 Å². The van der Waals surface area contributed by atoms with Gasteiger partial charge in [-0.05, 0) is 37.5 Å². The van der Waals surface area contributed by atoms with Gasteiger partial charge in [0.25, 0.3) is 11.8 Å².